The molecule has 0 aliphatic carbocycles. The molecule has 0 aliphatic rings. The molecule has 0 fully saturated rings. The summed E-state index contributed by atoms with van der Waals surface area (Å²) in [6.45, 7) is 14.5. The highest BCUT2D eigenvalue weighted by atomic mass is 16.5. The molecule has 1 nitrogen and oxygen atoms in total. The van der Waals surface area contributed by atoms with Crippen LogP contribution in [-0.2, 0) is 0 Å². The van der Waals surface area contributed by atoms with Crippen LogP contribution in [0.3, 0.4) is 0 Å². The number of hydrogen-bond donors (Lipinski definition) is 0. The molecule has 21 heavy (non-hydrogen) atoms. The number of methoxy groups -OCH3 is 1. The summed E-state index contributed by atoms with van der Waals surface area (Å²) in [4.78, 5) is 0. The van der Waals surface area contributed by atoms with Gasteiger partial charge in [0.05, 0.1) is 7.11 Å². The maximum atomic E-state index is 5.05. The Morgan fingerprint density at radius 3 is 1.76 bits per heavy atom. The maximum absolute atomic E-state index is 5.05. The van der Waals surface area contributed by atoms with E-state index in [0.29, 0.717) is 5.92 Å². The van der Waals surface area contributed by atoms with Gasteiger partial charge < -0.3 is 4.74 Å². The van der Waals surface area contributed by atoms with Crippen molar-refractivity contribution < 1.29 is 4.74 Å². The molecular formula is C20H36O. The van der Waals surface area contributed by atoms with Gasteiger partial charge in [0.15, 0.2) is 0 Å². The van der Waals surface area contributed by atoms with Crippen molar-refractivity contribution in [3.05, 3.63) is 42.5 Å². The number of ether oxygens (including phenoxy) is 1. The Morgan fingerprint density at radius 1 is 1.00 bits per heavy atom. The van der Waals surface area contributed by atoms with Gasteiger partial charge in [0.25, 0.3) is 0 Å². The third kappa shape index (κ3) is 15.0. The van der Waals surface area contributed by atoms with E-state index in [9.17, 15) is 0 Å². The highest BCUT2D eigenvalue weighted by Crippen LogP contribution is 2.17. The first-order valence-electron chi connectivity index (χ1n) is 8.31. The molecule has 0 atom stereocenters. The summed E-state index contributed by atoms with van der Waals surface area (Å²) >= 11 is 0. The third-order valence-corrected chi connectivity index (χ3v) is 3.04. The van der Waals surface area contributed by atoms with Crippen molar-refractivity contribution in [3.63, 3.8) is 0 Å². The molecule has 0 N–H and O–H groups in total. The van der Waals surface area contributed by atoms with Gasteiger partial charge in [-0.3, -0.25) is 0 Å². The molecule has 0 radical (unpaired) electrons. The van der Waals surface area contributed by atoms with Crippen molar-refractivity contribution >= 4 is 0 Å². The van der Waals surface area contributed by atoms with Crippen molar-refractivity contribution in [3.8, 4) is 5.75 Å². The van der Waals surface area contributed by atoms with Crippen LogP contribution in [-0.4, -0.2) is 7.11 Å². The van der Waals surface area contributed by atoms with Crippen LogP contribution in [0.4, 0.5) is 0 Å². The molecular weight excluding hydrogens is 256 g/mol. The first kappa shape index (κ1) is 22.0. The quantitative estimate of drug-likeness (QED) is 0.405. The first-order chi connectivity index (χ1) is 10.1. The number of hydrogen-bond acceptors (Lipinski definition) is 1. The summed E-state index contributed by atoms with van der Waals surface area (Å²) in [6, 6.07) is 8.19. The topological polar surface area (TPSA) is 9.23 Å². The molecule has 122 valence electrons. The molecule has 0 aromatic heterocycles. The molecule has 0 heterocycles. The highest BCUT2D eigenvalue weighted by Gasteiger charge is 1.97. The minimum Gasteiger partial charge on any atom is -0.497 e. The lowest BCUT2D eigenvalue weighted by molar-refractivity contribution is 0.414. The van der Waals surface area contributed by atoms with Gasteiger partial charge in [-0.05, 0) is 30.0 Å². The van der Waals surface area contributed by atoms with E-state index < -0.39 is 0 Å². The van der Waals surface area contributed by atoms with E-state index in [1.807, 2.05) is 18.2 Å². The van der Waals surface area contributed by atoms with E-state index in [1.54, 1.807) is 7.11 Å². The van der Waals surface area contributed by atoms with Crippen LogP contribution in [0.5, 0.6) is 5.75 Å². The van der Waals surface area contributed by atoms with Gasteiger partial charge >= 0.3 is 0 Å². The second-order valence-electron chi connectivity index (χ2n) is 5.36. The van der Waals surface area contributed by atoms with Crippen LogP contribution in [0, 0.1) is 0 Å². The Hall–Kier alpha value is -1.24. The van der Waals surface area contributed by atoms with E-state index in [2.05, 4.69) is 53.3 Å². The molecule has 0 saturated carbocycles. The SMILES string of the molecule is C=CCCCC.CCCC.COc1ccc(C(C)C)cc1. The zero-order valence-corrected chi connectivity index (χ0v) is 15.1. The number of benzene rings is 1. The zero-order valence-electron chi connectivity index (χ0n) is 15.1. The Balaban J connectivity index is 0. The van der Waals surface area contributed by atoms with Gasteiger partial charge in [-0.1, -0.05) is 78.5 Å². The Labute approximate surface area is 133 Å². The Bertz CT molecular complexity index is 309. The molecule has 1 rings (SSSR count). The molecule has 0 spiro atoms. The summed E-state index contributed by atoms with van der Waals surface area (Å²) in [6.07, 6.45) is 8.36. The van der Waals surface area contributed by atoms with Gasteiger partial charge in [-0.15, -0.1) is 6.58 Å². The molecule has 0 amide bonds. The maximum Gasteiger partial charge on any atom is 0.118 e. The molecule has 1 aromatic carbocycles. The lowest BCUT2D eigenvalue weighted by Gasteiger charge is -2.05. The van der Waals surface area contributed by atoms with Gasteiger partial charge in [-0.2, -0.15) is 0 Å². The minimum atomic E-state index is 0.598. The normalized spacial score (nSPS) is 9.10. The van der Waals surface area contributed by atoms with Gasteiger partial charge in [-0.25, -0.2) is 0 Å². The molecule has 0 saturated heterocycles. The van der Waals surface area contributed by atoms with Crippen molar-refractivity contribution in [2.75, 3.05) is 7.11 Å². The van der Waals surface area contributed by atoms with Gasteiger partial charge in [0.1, 0.15) is 5.75 Å². The summed E-state index contributed by atoms with van der Waals surface area (Å²) in [7, 11) is 1.68. The van der Waals surface area contributed by atoms with Crippen molar-refractivity contribution in [2.45, 2.75) is 72.6 Å². The van der Waals surface area contributed by atoms with Crippen LogP contribution in [0.1, 0.15) is 78.2 Å². The first-order valence-corrected chi connectivity index (χ1v) is 8.31. The number of rotatable bonds is 6. The third-order valence-electron chi connectivity index (χ3n) is 3.04. The molecule has 1 heteroatoms. The van der Waals surface area contributed by atoms with Crippen LogP contribution < -0.4 is 4.74 Å². The lowest BCUT2D eigenvalue weighted by Crippen LogP contribution is -1.87. The summed E-state index contributed by atoms with van der Waals surface area (Å²) in [5, 5.41) is 0. The summed E-state index contributed by atoms with van der Waals surface area (Å²) in [5.74, 6) is 1.52. The number of allylic oxidation sites excluding steroid dienone is 1. The minimum absolute atomic E-state index is 0.598. The summed E-state index contributed by atoms with van der Waals surface area (Å²) in [5.41, 5.74) is 1.35. The van der Waals surface area contributed by atoms with E-state index in [0.717, 1.165) is 5.75 Å². The standard InChI is InChI=1S/C10H14O.C6H12.C4H10/c1-8(2)9-4-6-10(11-3)7-5-9;1-3-5-6-4-2;1-3-4-2/h4-8H,1-3H3;3H,1,4-6H2,2H3;3-4H2,1-2H3. The predicted molar refractivity (Wildman–Crippen MR) is 97.4 cm³/mol. The smallest absolute Gasteiger partial charge is 0.118 e. The zero-order chi connectivity index (χ0) is 16.5. The second-order valence-corrected chi connectivity index (χ2v) is 5.36. The van der Waals surface area contributed by atoms with Crippen LogP contribution >= 0.6 is 0 Å². The van der Waals surface area contributed by atoms with Gasteiger partial charge in [0, 0.05) is 0 Å². The fourth-order valence-corrected chi connectivity index (χ4v) is 1.34. The lowest BCUT2D eigenvalue weighted by atomic mass is 10.0. The van der Waals surface area contributed by atoms with E-state index >= 15 is 0 Å². The number of unbranched alkanes of at least 4 members (excludes halogenated alkanes) is 3. The Morgan fingerprint density at radius 2 is 1.52 bits per heavy atom. The van der Waals surface area contributed by atoms with Crippen molar-refractivity contribution in [1.82, 2.24) is 0 Å². The van der Waals surface area contributed by atoms with Crippen LogP contribution in [0.2, 0.25) is 0 Å². The molecule has 0 bridgehead atoms. The average molecular weight is 293 g/mol. The van der Waals surface area contributed by atoms with E-state index in [-0.39, 0.29) is 0 Å². The largest absolute Gasteiger partial charge is 0.497 e. The highest BCUT2D eigenvalue weighted by molar-refractivity contribution is 5.28. The van der Waals surface area contributed by atoms with Crippen molar-refractivity contribution in [2.24, 2.45) is 0 Å². The molecule has 0 aliphatic heterocycles. The van der Waals surface area contributed by atoms with Crippen LogP contribution in [0.15, 0.2) is 36.9 Å². The monoisotopic (exact) mass is 292 g/mol. The average Bonchev–Trinajstić information content (AvgIpc) is 2.53. The van der Waals surface area contributed by atoms with E-state index in [4.69, 9.17) is 4.74 Å². The fourth-order valence-electron chi connectivity index (χ4n) is 1.34. The molecule has 1 aromatic rings. The summed E-state index contributed by atoms with van der Waals surface area (Å²) < 4.78 is 5.05. The Kier molecular flexibility index (Phi) is 17.7. The van der Waals surface area contributed by atoms with Gasteiger partial charge in [0.2, 0.25) is 0 Å². The van der Waals surface area contributed by atoms with E-state index in [1.165, 1.54) is 37.7 Å². The second kappa shape index (κ2) is 16.8. The molecule has 0 unspecified atom stereocenters. The van der Waals surface area contributed by atoms with Crippen molar-refractivity contribution in [1.29, 1.82) is 0 Å². The van der Waals surface area contributed by atoms with Crippen LogP contribution in [0.25, 0.3) is 0 Å². The predicted octanol–water partition coefficient (Wildman–Crippen LogP) is 6.99. The fraction of sp³-hybridized carbons (Fsp3) is 0.600.